The van der Waals surface area contributed by atoms with Crippen LogP contribution in [0.15, 0.2) is 46.6 Å². The molecular formula is C19H17BrFN5OS. The first kappa shape index (κ1) is 18.9. The Labute approximate surface area is 174 Å². The molecule has 0 aliphatic carbocycles. The van der Waals surface area contributed by atoms with Crippen LogP contribution in [0.4, 0.5) is 10.3 Å². The van der Waals surface area contributed by atoms with Crippen molar-refractivity contribution in [2.24, 2.45) is 0 Å². The van der Waals surface area contributed by atoms with Gasteiger partial charge in [0, 0.05) is 37.1 Å². The minimum Gasteiger partial charge on any atom is -0.352 e. The molecule has 1 aliphatic heterocycles. The molecule has 9 heteroatoms. The van der Waals surface area contributed by atoms with Crippen LogP contribution in [0.1, 0.15) is 23.3 Å². The van der Waals surface area contributed by atoms with Crippen molar-refractivity contribution in [1.29, 1.82) is 0 Å². The Bertz CT molecular complexity index is 980. The molecular weight excluding hydrogens is 445 g/mol. The third-order valence-electron chi connectivity index (χ3n) is 4.64. The molecule has 0 spiro atoms. The zero-order chi connectivity index (χ0) is 19.5. The number of hydrogen-bond acceptors (Lipinski definition) is 6. The summed E-state index contributed by atoms with van der Waals surface area (Å²) < 4.78 is 15.0. The van der Waals surface area contributed by atoms with E-state index in [1.54, 1.807) is 36.1 Å². The van der Waals surface area contributed by atoms with Gasteiger partial charge in [-0.25, -0.2) is 19.3 Å². The number of rotatable bonds is 5. The number of carbonyl (C=O) groups excluding carboxylic acids is 1. The van der Waals surface area contributed by atoms with Crippen LogP contribution in [0.5, 0.6) is 0 Å². The van der Waals surface area contributed by atoms with E-state index in [2.05, 4.69) is 36.2 Å². The number of thiazole rings is 1. The second-order valence-corrected chi connectivity index (χ2v) is 8.18. The number of nitrogens with one attached hydrogen (secondary N) is 1. The summed E-state index contributed by atoms with van der Waals surface area (Å²) in [4.78, 5) is 28.2. The Morgan fingerprint density at radius 2 is 2.07 bits per heavy atom. The van der Waals surface area contributed by atoms with E-state index in [4.69, 9.17) is 0 Å². The number of carbonyl (C=O) groups is 1. The maximum absolute atomic E-state index is 14.2. The molecule has 0 unspecified atom stereocenters. The maximum Gasteiger partial charge on any atom is 0.274 e. The largest absolute Gasteiger partial charge is 0.352 e. The fraction of sp³-hybridized carbons (Fsp3) is 0.263. The van der Waals surface area contributed by atoms with E-state index in [0.717, 1.165) is 17.3 Å². The molecule has 2 aromatic heterocycles. The third-order valence-corrected chi connectivity index (χ3v) is 5.91. The molecule has 1 amide bonds. The lowest BCUT2D eigenvalue weighted by atomic mass is 10.1. The normalized spacial score (nSPS) is 16.4. The molecule has 3 heterocycles. The van der Waals surface area contributed by atoms with Gasteiger partial charge in [0.2, 0.25) is 5.95 Å². The summed E-state index contributed by atoms with van der Waals surface area (Å²) in [6.45, 7) is 1.20. The average molecular weight is 462 g/mol. The van der Waals surface area contributed by atoms with Crippen molar-refractivity contribution in [2.45, 2.75) is 18.9 Å². The molecule has 1 N–H and O–H groups in total. The average Bonchev–Trinajstić information content (AvgIpc) is 3.37. The zero-order valence-corrected chi connectivity index (χ0v) is 17.2. The fourth-order valence-corrected chi connectivity index (χ4v) is 4.31. The summed E-state index contributed by atoms with van der Waals surface area (Å²) in [6.07, 6.45) is 5.14. The monoisotopic (exact) mass is 461 g/mol. The molecule has 0 radical (unpaired) electrons. The molecule has 144 valence electrons. The number of anilines is 1. The summed E-state index contributed by atoms with van der Waals surface area (Å²) in [7, 11) is 0. The van der Waals surface area contributed by atoms with E-state index in [9.17, 15) is 9.18 Å². The van der Waals surface area contributed by atoms with Gasteiger partial charge in [-0.05, 0) is 34.8 Å². The van der Waals surface area contributed by atoms with Crippen LogP contribution >= 0.6 is 27.3 Å². The van der Waals surface area contributed by atoms with Gasteiger partial charge in [-0.15, -0.1) is 11.3 Å². The smallest absolute Gasteiger partial charge is 0.274 e. The zero-order valence-electron chi connectivity index (χ0n) is 14.8. The second kappa shape index (κ2) is 8.32. The highest BCUT2D eigenvalue weighted by Gasteiger charge is 2.32. The van der Waals surface area contributed by atoms with E-state index < -0.39 is 0 Å². The Balaban J connectivity index is 1.51. The molecule has 28 heavy (non-hydrogen) atoms. The van der Waals surface area contributed by atoms with Gasteiger partial charge >= 0.3 is 0 Å². The first-order valence-electron chi connectivity index (χ1n) is 8.84. The molecule has 1 aromatic carbocycles. The summed E-state index contributed by atoms with van der Waals surface area (Å²) in [5, 5.41) is 3.18. The highest BCUT2D eigenvalue weighted by molar-refractivity contribution is 9.10. The number of aromatic nitrogens is 3. The number of halogens is 2. The van der Waals surface area contributed by atoms with Crippen LogP contribution in [0.2, 0.25) is 0 Å². The van der Waals surface area contributed by atoms with Gasteiger partial charge in [0.05, 0.1) is 14.9 Å². The van der Waals surface area contributed by atoms with E-state index in [-0.39, 0.29) is 17.8 Å². The summed E-state index contributed by atoms with van der Waals surface area (Å²) in [6, 6.07) is 6.47. The number of hydrogen-bond donors (Lipinski definition) is 1. The Kier molecular flexibility index (Phi) is 5.63. The number of nitrogens with zero attached hydrogens (tertiary/aromatic N) is 4. The Morgan fingerprint density at radius 3 is 2.86 bits per heavy atom. The van der Waals surface area contributed by atoms with Gasteiger partial charge in [-0.2, -0.15) is 0 Å². The van der Waals surface area contributed by atoms with Crippen molar-refractivity contribution in [3.05, 3.63) is 58.2 Å². The SMILES string of the molecule is O=C(c1ncsc1-c1ccccc1F)N1CCC[C@H]1CNc1ncc(Br)cn1. The van der Waals surface area contributed by atoms with Gasteiger partial charge in [-0.1, -0.05) is 18.2 Å². The molecule has 4 rings (SSSR count). The summed E-state index contributed by atoms with van der Waals surface area (Å²) in [5.41, 5.74) is 2.31. The molecule has 3 aromatic rings. The lowest BCUT2D eigenvalue weighted by molar-refractivity contribution is 0.0739. The lowest BCUT2D eigenvalue weighted by Crippen LogP contribution is -2.40. The lowest BCUT2D eigenvalue weighted by Gasteiger charge is -2.24. The van der Waals surface area contributed by atoms with Crippen LogP contribution in [0.25, 0.3) is 10.4 Å². The van der Waals surface area contributed by atoms with Gasteiger partial charge in [-0.3, -0.25) is 4.79 Å². The van der Waals surface area contributed by atoms with E-state index >= 15 is 0 Å². The van der Waals surface area contributed by atoms with Crippen molar-refractivity contribution < 1.29 is 9.18 Å². The molecule has 1 fully saturated rings. The summed E-state index contributed by atoms with van der Waals surface area (Å²) in [5.74, 6) is -0.00319. The van der Waals surface area contributed by atoms with Crippen LogP contribution in [0.3, 0.4) is 0 Å². The van der Waals surface area contributed by atoms with Gasteiger partial charge in [0.15, 0.2) is 0 Å². The molecule has 0 saturated carbocycles. The minimum atomic E-state index is -0.354. The van der Waals surface area contributed by atoms with Gasteiger partial charge < -0.3 is 10.2 Å². The Hall–Kier alpha value is -2.39. The van der Waals surface area contributed by atoms with Crippen LogP contribution in [-0.4, -0.2) is 44.9 Å². The summed E-state index contributed by atoms with van der Waals surface area (Å²) >= 11 is 4.58. The molecule has 1 saturated heterocycles. The predicted octanol–water partition coefficient (Wildman–Crippen LogP) is 4.22. The third kappa shape index (κ3) is 3.90. The van der Waals surface area contributed by atoms with Crippen molar-refractivity contribution in [3.8, 4) is 10.4 Å². The predicted molar refractivity (Wildman–Crippen MR) is 110 cm³/mol. The first-order valence-corrected chi connectivity index (χ1v) is 10.5. The van der Waals surface area contributed by atoms with Crippen molar-refractivity contribution in [3.63, 3.8) is 0 Å². The van der Waals surface area contributed by atoms with E-state index in [0.29, 0.717) is 35.2 Å². The maximum atomic E-state index is 14.2. The quantitative estimate of drug-likeness (QED) is 0.615. The van der Waals surface area contributed by atoms with Crippen LogP contribution < -0.4 is 5.32 Å². The topological polar surface area (TPSA) is 71.0 Å². The van der Waals surface area contributed by atoms with Crippen molar-refractivity contribution in [1.82, 2.24) is 19.9 Å². The first-order chi connectivity index (χ1) is 13.6. The molecule has 6 nitrogen and oxygen atoms in total. The number of benzene rings is 1. The number of amides is 1. The minimum absolute atomic E-state index is 0.00918. The molecule has 1 atom stereocenters. The van der Waals surface area contributed by atoms with Crippen LogP contribution in [-0.2, 0) is 0 Å². The van der Waals surface area contributed by atoms with Crippen molar-refractivity contribution >= 4 is 39.1 Å². The van der Waals surface area contributed by atoms with E-state index in [1.165, 1.54) is 17.4 Å². The standard InChI is InChI=1S/C19H17BrFN5OS/c20-12-8-22-19(23-9-12)24-10-13-4-3-7-26(13)18(27)16-17(28-11-25-16)14-5-1-2-6-15(14)21/h1-2,5-6,8-9,11,13H,3-4,7,10H2,(H,22,23,24)/t13-/m0/s1. The highest BCUT2D eigenvalue weighted by atomic mass is 79.9. The highest BCUT2D eigenvalue weighted by Crippen LogP contribution is 2.32. The van der Waals surface area contributed by atoms with Crippen molar-refractivity contribution in [2.75, 3.05) is 18.4 Å². The van der Waals surface area contributed by atoms with Gasteiger partial charge in [0.25, 0.3) is 5.91 Å². The van der Waals surface area contributed by atoms with Crippen LogP contribution in [0, 0.1) is 5.82 Å². The van der Waals surface area contributed by atoms with E-state index in [1.807, 2.05) is 4.90 Å². The van der Waals surface area contributed by atoms with Gasteiger partial charge in [0.1, 0.15) is 11.5 Å². The fourth-order valence-electron chi connectivity index (χ4n) is 3.30. The second-order valence-electron chi connectivity index (χ2n) is 6.41. The number of likely N-dealkylation sites (tertiary alicyclic amines) is 1. The molecule has 0 bridgehead atoms. The Morgan fingerprint density at radius 1 is 1.29 bits per heavy atom. The molecule has 1 aliphatic rings.